The van der Waals surface area contributed by atoms with E-state index in [0.29, 0.717) is 16.1 Å². The Morgan fingerprint density at radius 2 is 2.11 bits per heavy atom. The number of halogens is 2. The molecule has 0 radical (unpaired) electrons. The van der Waals surface area contributed by atoms with Crippen LogP contribution in [0, 0.1) is 5.82 Å². The van der Waals surface area contributed by atoms with E-state index < -0.39 is 5.82 Å². The first kappa shape index (κ1) is 13.5. The summed E-state index contributed by atoms with van der Waals surface area (Å²) < 4.78 is 13.8. The normalized spacial score (nSPS) is 16.9. The second-order valence-corrected chi connectivity index (χ2v) is 5.34. The second kappa shape index (κ2) is 5.80. The van der Waals surface area contributed by atoms with E-state index in [4.69, 9.17) is 0 Å². The van der Waals surface area contributed by atoms with E-state index in [0.717, 1.165) is 25.9 Å². The van der Waals surface area contributed by atoms with Gasteiger partial charge in [0, 0.05) is 24.7 Å². The van der Waals surface area contributed by atoms with Crippen LogP contribution in [0.15, 0.2) is 22.7 Å². The molecule has 1 amide bonds. The zero-order chi connectivity index (χ0) is 13.1. The minimum atomic E-state index is -0.397. The fourth-order valence-corrected chi connectivity index (χ4v) is 2.43. The van der Waals surface area contributed by atoms with Gasteiger partial charge in [-0.1, -0.05) is 0 Å². The monoisotopic (exact) mass is 314 g/mol. The van der Waals surface area contributed by atoms with Crippen LogP contribution in [-0.4, -0.2) is 37.0 Å². The first-order valence-electron chi connectivity index (χ1n) is 6.03. The van der Waals surface area contributed by atoms with E-state index in [1.165, 1.54) is 6.07 Å². The second-order valence-electron chi connectivity index (χ2n) is 4.48. The summed E-state index contributed by atoms with van der Waals surface area (Å²) in [5.41, 5.74) is 0.415. The average molecular weight is 315 g/mol. The van der Waals surface area contributed by atoms with Crippen LogP contribution in [-0.2, 0) is 0 Å². The molecule has 0 atom stereocenters. The summed E-state index contributed by atoms with van der Waals surface area (Å²) in [4.78, 5) is 14.0. The Kier molecular flexibility index (Phi) is 4.35. The van der Waals surface area contributed by atoms with Crippen molar-refractivity contribution < 1.29 is 9.18 Å². The van der Waals surface area contributed by atoms with Gasteiger partial charge in [0.2, 0.25) is 0 Å². The molecule has 0 bridgehead atoms. The van der Waals surface area contributed by atoms with Crippen molar-refractivity contribution >= 4 is 21.8 Å². The lowest BCUT2D eigenvalue weighted by atomic mass is 10.0. The van der Waals surface area contributed by atoms with Gasteiger partial charge >= 0.3 is 0 Å². The van der Waals surface area contributed by atoms with Crippen LogP contribution < -0.4 is 5.32 Å². The van der Waals surface area contributed by atoms with Crippen molar-refractivity contribution in [1.82, 2.24) is 10.2 Å². The molecule has 3 nitrogen and oxygen atoms in total. The van der Waals surface area contributed by atoms with Crippen molar-refractivity contribution in [3.63, 3.8) is 0 Å². The summed E-state index contributed by atoms with van der Waals surface area (Å²) >= 11 is 3.08. The van der Waals surface area contributed by atoms with Crippen LogP contribution in [0.25, 0.3) is 0 Å². The Balaban J connectivity index is 2.05. The molecule has 1 heterocycles. The Morgan fingerprint density at radius 3 is 2.67 bits per heavy atom. The van der Waals surface area contributed by atoms with Gasteiger partial charge in [-0.2, -0.15) is 0 Å². The Morgan fingerprint density at radius 1 is 1.44 bits per heavy atom. The lowest BCUT2D eigenvalue weighted by Gasteiger charge is -2.31. The van der Waals surface area contributed by atoms with Crippen molar-refractivity contribution in [3.05, 3.63) is 34.1 Å². The summed E-state index contributed by atoms with van der Waals surface area (Å²) in [5, 5.41) is 3.22. The van der Waals surface area contributed by atoms with E-state index in [-0.39, 0.29) is 5.91 Å². The predicted molar refractivity (Wildman–Crippen MR) is 72.1 cm³/mol. The highest BCUT2D eigenvalue weighted by Gasteiger charge is 2.23. The number of rotatable bonds is 2. The van der Waals surface area contributed by atoms with Gasteiger partial charge in [-0.25, -0.2) is 4.39 Å². The minimum Gasteiger partial charge on any atom is -0.339 e. The van der Waals surface area contributed by atoms with Gasteiger partial charge in [-0.15, -0.1) is 0 Å². The van der Waals surface area contributed by atoms with Gasteiger partial charge in [0.25, 0.3) is 5.91 Å². The third-order valence-electron chi connectivity index (χ3n) is 3.36. The summed E-state index contributed by atoms with van der Waals surface area (Å²) in [5.74, 6) is -0.484. The molecule has 0 aliphatic carbocycles. The van der Waals surface area contributed by atoms with Gasteiger partial charge in [0.15, 0.2) is 0 Å². The highest BCUT2D eigenvalue weighted by molar-refractivity contribution is 9.10. The molecule has 0 saturated carbocycles. The zero-order valence-corrected chi connectivity index (χ0v) is 11.8. The molecule has 1 aliphatic rings. The fraction of sp³-hybridized carbons (Fsp3) is 0.462. The third-order valence-corrected chi connectivity index (χ3v) is 4.00. The standard InChI is InChI=1S/C13H16BrFN2O/c1-16-10-4-6-17(7-5-10)13(18)9-2-3-11(14)12(15)8-9/h2-3,8,10,16H,4-7H2,1H3. The quantitative estimate of drug-likeness (QED) is 0.909. The number of benzene rings is 1. The first-order chi connectivity index (χ1) is 8.61. The van der Waals surface area contributed by atoms with Gasteiger partial charge in [-0.05, 0) is 54.0 Å². The van der Waals surface area contributed by atoms with E-state index in [1.54, 1.807) is 17.0 Å². The molecule has 5 heteroatoms. The molecular weight excluding hydrogens is 299 g/mol. The van der Waals surface area contributed by atoms with Crippen LogP contribution in [0.1, 0.15) is 23.2 Å². The molecular formula is C13H16BrFN2O. The lowest BCUT2D eigenvalue weighted by molar-refractivity contribution is 0.0707. The highest BCUT2D eigenvalue weighted by Crippen LogP contribution is 2.19. The van der Waals surface area contributed by atoms with Crippen molar-refractivity contribution in [1.29, 1.82) is 0 Å². The van der Waals surface area contributed by atoms with Crippen molar-refractivity contribution in [2.75, 3.05) is 20.1 Å². The predicted octanol–water partition coefficient (Wildman–Crippen LogP) is 2.41. The largest absolute Gasteiger partial charge is 0.339 e. The van der Waals surface area contributed by atoms with Crippen molar-refractivity contribution in [2.24, 2.45) is 0 Å². The van der Waals surface area contributed by atoms with Crippen molar-refractivity contribution in [3.8, 4) is 0 Å². The number of amides is 1. The number of carbonyl (C=O) groups is 1. The molecule has 0 aromatic heterocycles. The summed E-state index contributed by atoms with van der Waals surface area (Å²) in [6.45, 7) is 1.45. The summed E-state index contributed by atoms with van der Waals surface area (Å²) in [7, 11) is 1.94. The molecule has 98 valence electrons. The van der Waals surface area contributed by atoms with Crippen molar-refractivity contribution in [2.45, 2.75) is 18.9 Å². The summed E-state index contributed by atoms with van der Waals surface area (Å²) in [6, 6.07) is 5.00. The first-order valence-corrected chi connectivity index (χ1v) is 6.82. The maximum Gasteiger partial charge on any atom is 0.253 e. The number of piperidine rings is 1. The molecule has 0 unspecified atom stereocenters. The van der Waals surface area contributed by atoms with Crippen LogP contribution in [0.3, 0.4) is 0 Å². The number of hydrogen-bond acceptors (Lipinski definition) is 2. The summed E-state index contributed by atoms with van der Waals surface area (Å²) in [6.07, 6.45) is 1.89. The lowest BCUT2D eigenvalue weighted by Crippen LogP contribution is -2.43. The molecule has 1 aromatic carbocycles. The molecule has 1 N–H and O–H groups in total. The van der Waals surface area contributed by atoms with E-state index in [1.807, 2.05) is 7.05 Å². The molecule has 1 fully saturated rings. The van der Waals surface area contributed by atoms with Gasteiger partial charge in [0.1, 0.15) is 5.82 Å². The molecule has 1 aromatic rings. The third kappa shape index (κ3) is 2.90. The Bertz CT molecular complexity index is 445. The van der Waals surface area contributed by atoms with E-state index >= 15 is 0 Å². The molecule has 18 heavy (non-hydrogen) atoms. The fourth-order valence-electron chi connectivity index (χ4n) is 2.18. The van der Waals surface area contributed by atoms with Crippen LogP contribution >= 0.6 is 15.9 Å². The van der Waals surface area contributed by atoms with Crippen LogP contribution in [0.4, 0.5) is 4.39 Å². The average Bonchev–Trinajstić information content (AvgIpc) is 2.41. The smallest absolute Gasteiger partial charge is 0.253 e. The number of likely N-dealkylation sites (tertiary alicyclic amines) is 1. The number of nitrogens with zero attached hydrogens (tertiary/aromatic N) is 1. The SMILES string of the molecule is CNC1CCN(C(=O)c2ccc(Br)c(F)c2)CC1. The van der Waals surface area contributed by atoms with Gasteiger partial charge < -0.3 is 10.2 Å². The molecule has 1 aliphatic heterocycles. The Hall–Kier alpha value is -0.940. The topological polar surface area (TPSA) is 32.3 Å². The van der Waals surface area contributed by atoms with Crippen LogP contribution in [0.5, 0.6) is 0 Å². The van der Waals surface area contributed by atoms with E-state index in [9.17, 15) is 9.18 Å². The highest BCUT2D eigenvalue weighted by atomic mass is 79.9. The maximum atomic E-state index is 13.4. The zero-order valence-electron chi connectivity index (χ0n) is 10.2. The van der Waals surface area contributed by atoms with Gasteiger partial charge in [-0.3, -0.25) is 4.79 Å². The van der Waals surface area contributed by atoms with Crippen LogP contribution in [0.2, 0.25) is 0 Å². The molecule has 0 spiro atoms. The Labute approximate surface area is 114 Å². The number of carbonyl (C=O) groups excluding carboxylic acids is 1. The van der Waals surface area contributed by atoms with E-state index in [2.05, 4.69) is 21.2 Å². The number of hydrogen-bond donors (Lipinski definition) is 1. The minimum absolute atomic E-state index is 0.0871. The van der Waals surface area contributed by atoms with Gasteiger partial charge in [0.05, 0.1) is 4.47 Å². The number of nitrogens with one attached hydrogen (secondary N) is 1. The maximum absolute atomic E-state index is 13.4. The molecule has 2 rings (SSSR count). The molecule has 1 saturated heterocycles.